The molecule has 1 fully saturated rings. The van der Waals surface area contributed by atoms with Crippen molar-refractivity contribution < 1.29 is 39.6 Å². The van der Waals surface area contributed by atoms with E-state index < -0.39 is 56.6 Å². The molecule has 0 saturated heterocycles. The van der Waals surface area contributed by atoms with E-state index in [0.717, 1.165) is 59.4 Å². The first kappa shape index (κ1) is 25.7. The summed E-state index contributed by atoms with van der Waals surface area (Å²) in [6.45, 7) is -0.390. The predicted molar refractivity (Wildman–Crippen MR) is 115 cm³/mol. The number of carbonyl (C=O) groups is 1. The van der Waals surface area contributed by atoms with Gasteiger partial charge in [0.25, 0.3) is 6.43 Å². The smallest absolute Gasteiger partial charge is 0.352 e. The molecule has 192 valence electrons. The van der Waals surface area contributed by atoms with Crippen molar-refractivity contribution in [1.29, 1.82) is 0 Å². The molecule has 2 aromatic carbocycles. The number of hydrogen-bond acceptors (Lipinski definition) is 4. The molecule has 1 N–H and O–H groups in total. The zero-order valence-corrected chi connectivity index (χ0v) is 19.2. The highest BCUT2D eigenvalue weighted by atomic mass is 32.2. The van der Waals surface area contributed by atoms with Crippen LogP contribution < -0.4 is 5.32 Å². The topological polar surface area (TPSA) is 81.1 Å². The number of nitrogens with one attached hydrogen (secondary N) is 1. The number of alkyl halides is 5. The Morgan fingerprint density at radius 3 is 2.22 bits per heavy atom. The molecule has 0 aliphatic heterocycles. The van der Waals surface area contributed by atoms with E-state index in [0.29, 0.717) is 0 Å². The minimum absolute atomic E-state index is 0.0736. The van der Waals surface area contributed by atoms with Gasteiger partial charge in [0.05, 0.1) is 27.3 Å². The van der Waals surface area contributed by atoms with Gasteiger partial charge in [0, 0.05) is 18.3 Å². The summed E-state index contributed by atoms with van der Waals surface area (Å²) in [5, 5.41) is 5.16. The van der Waals surface area contributed by atoms with Crippen molar-refractivity contribution in [2.24, 2.45) is 5.92 Å². The number of amides is 1. The molecule has 1 amide bonds. The molecular formula is C23H19F6N3O3S. The van der Waals surface area contributed by atoms with Crippen molar-refractivity contribution in [3.8, 4) is 5.69 Å². The predicted octanol–water partition coefficient (Wildman–Crippen LogP) is 4.84. The summed E-state index contributed by atoms with van der Waals surface area (Å²) in [6.07, 6.45) is -5.94. The number of aromatic nitrogens is 2. The monoisotopic (exact) mass is 531 g/mol. The Morgan fingerprint density at radius 1 is 1.06 bits per heavy atom. The molecule has 2 unspecified atom stereocenters. The number of halogens is 6. The van der Waals surface area contributed by atoms with Crippen LogP contribution in [0.5, 0.6) is 0 Å². The SMILES string of the molecule is O=C(NCc1cn(-c2ccc(C(F)(F)F)cc2)nc1C(F)F)C1CCC1S(=O)(=O)c1ccc(F)cc1. The fourth-order valence-electron chi connectivity index (χ4n) is 3.93. The molecule has 1 aliphatic carbocycles. The second-order valence-electron chi connectivity index (χ2n) is 8.27. The third-order valence-electron chi connectivity index (χ3n) is 6.03. The molecule has 0 spiro atoms. The van der Waals surface area contributed by atoms with Crippen LogP contribution in [-0.2, 0) is 27.4 Å². The van der Waals surface area contributed by atoms with E-state index >= 15 is 0 Å². The lowest BCUT2D eigenvalue weighted by atomic mass is 9.84. The van der Waals surface area contributed by atoms with Crippen molar-refractivity contribution in [3.63, 3.8) is 0 Å². The minimum atomic E-state index is -4.56. The molecule has 36 heavy (non-hydrogen) atoms. The first-order valence-electron chi connectivity index (χ1n) is 10.7. The summed E-state index contributed by atoms with van der Waals surface area (Å²) in [5.74, 6) is -2.18. The Bertz CT molecular complexity index is 1350. The van der Waals surface area contributed by atoms with Crippen LogP contribution in [0.25, 0.3) is 5.69 Å². The third kappa shape index (κ3) is 5.11. The number of carbonyl (C=O) groups excluding carboxylic acids is 1. The van der Waals surface area contributed by atoms with Gasteiger partial charge in [-0.2, -0.15) is 18.3 Å². The van der Waals surface area contributed by atoms with E-state index in [1.807, 2.05) is 0 Å². The van der Waals surface area contributed by atoms with E-state index in [4.69, 9.17) is 0 Å². The standard InChI is InChI=1S/C23H19F6N3O3S/c24-15-3-7-17(8-4-15)36(34,35)19-10-9-18(19)22(33)30-11-13-12-32(31-20(13)21(25)26)16-5-1-14(2-6-16)23(27,28)29/h1-8,12,18-19,21H,9-11H2,(H,30,33). The van der Waals surface area contributed by atoms with Crippen LogP contribution in [0.2, 0.25) is 0 Å². The summed E-state index contributed by atoms with van der Waals surface area (Å²) in [4.78, 5) is 12.6. The van der Waals surface area contributed by atoms with Gasteiger partial charge in [-0.15, -0.1) is 0 Å². The molecule has 3 aromatic rings. The lowest BCUT2D eigenvalue weighted by Crippen LogP contribution is -2.47. The van der Waals surface area contributed by atoms with Crippen LogP contribution in [0.1, 0.15) is 36.1 Å². The largest absolute Gasteiger partial charge is 0.416 e. The summed E-state index contributed by atoms with van der Waals surface area (Å²) in [7, 11) is -3.91. The third-order valence-corrected chi connectivity index (χ3v) is 8.32. The van der Waals surface area contributed by atoms with E-state index in [-0.39, 0.29) is 35.5 Å². The van der Waals surface area contributed by atoms with Crippen LogP contribution in [0.3, 0.4) is 0 Å². The van der Waals surface area contributed by atoms with Crippen molar-refractivity contribution in [2.45, 2.75) is 42.1 Å². The van der Waals surface area contributed by atoms with Gasteiger partial charge in [0.2, 0.25) is 5.91 Å². The molecular weight excluding hydrogens is 512 g/mol. The van der Waals surface area contributed by atoms with Gasteiger partial charge in [-0.3, -0.25) is 4.79 Å². The van der Waals surface area contributed by atoms with Gasteiger partial charge in [0.15, 0.2) is 9.84 Å². The van der Waals surface area contributed by atoms with Crippen molar-refractivity contribution >= 4 is 15.7 Å². The zero-order valence-electron chi connectivity index (χ0n) is 18.3. The molecule has 0 radical (unpaired) electrons. The average molecular weight is 531 g/mol. The molecule has 13 heteroatoms. The molecule has 4 rings (SSSR count). The summed E-state index contributed by atoms with van der Waals surface area (Å²) in [6, 6.07) is 7.96. The maximum Gasteiger partial charge on any atom is 0.416 e. The highest BCUT2D eigenvalue weighted by Gasteiger charge is 2.45. The normalized spacial score (nSPS) is 18.2. The van der Waals surface area contributed by atoms with E-state index in [1.165, 1.54) is 0 Å². The Hall–Kier alpha value is -3.35. The number of benzene rings is 2. The van der Waals surface area contributed by atoms with E-state index in [1.54, 1.807) is 0 Å². The number of sulfone groups is 1. The maximum atomic E-state index is 13.5. The fourth-order valence-corrected chi connectivity index (χ4v) is 5.94. The lowest BCUT2D eigenvalue weighted by molar-refractivity contribution is -0.137. The van der Waals surface area contributed by atoms with E-state index in [2.05, 4.69) is 10.4 Å². The fraction of sp³-hybridized carbons (Fsp3) is 0.304. The molecule has 1 saturated carbocycles. The number of nitrogens with zero attached hydrogens (tertiary/aromatic N) is 2. The van der Waals surface area contributed by atoms with E-state index in [9.17, 15) is 39.6 Å². The van der Waals surface area contributed by atoms with Crippen LogP contribution in [0.15, 0.2) is 59.6 Å². The highest BCUT2D eigenvalue weighted by molar-refractivity contribution is 7.92. The Balaban J connectivity index is 1.47. The quantitative estimate of drug-likeness (QED) is 0.350. The Kier molecular flexibility index (Phi) is 6.86. The molecule has 2 atom stereocenters. The molecule has 1 aromatic heterocycles. The van der Waals surface area contributed by atoms with Crippen LogP contribution in [0, 0.1) is 11.7 Å². The second kappa shape index (κ2) is 9.60. The average Bonchev–Trinajstić information content (AvgIpc) is 3.21. The first-order chi connectivity index (χ1) is 16.9. The molecule has 1 aliphatic rings. The molecule has 6 nitrogen and oxygen atoms in total. The second-order valence-corrected chi connectivity index (χ2v) is 10.4. The summed E-state index contributed by atoms with van der Waals surface area (Å²) >= 11 is 0. The van der Waals surface area contributed by atoms with Gasteiger partial charge in [0.1, 0.15) is 11.5 Å². The first-order valence-corrected chi connectivity index (χ1v) is 12.2. The Morgan fingerprint density at radius 2 is 1.69 bits per heavy atom. The zero-order chi connectivity index (χ0) is 26.3. The number of rotatable bonds is 7. The molecule has 1 heterocycles. The van der Waals surface area contributed by atoms with Crippen LogP contribution >= 0.6 is 0 Å². The van der Waals surface area contributed by atoms with Gasteiger partial charge in [-0.25, -0.2) is 26.3 Å². The maximum absolute atomic E-state index is 13.5. The van der Waals surface area contributed by atoms with Crippen LogP contribution in [-0.4, -0.2) is 29.4 Å². The van der Waals surface area contributed by atoms with Crippen molar-refractivity contribution in [2.75, 3.05) is 0 Å². The van der Waals surface area contributed by atoms with Gasteiger partial charge < -0.3 is 5.32 Å². The highest BCUT2D eigenvalue weighted by Crippen LogP contribution is 2.37. The van der Waals surface area contributed by atoms with Gasteiger partial charge in [-0.05, 0) is 61.4 Å². The van der Waals surface area contributed by atoms with Gasteiger partial charge >= 0.3 is 6.18 Å². The lowest BCUT2D eigenvalue weighted by Gasteiger charge is -2.34. The molecule has 0 bridgehead atoms. The summed E-state index contributed by atoms with van der Waals surface area (Å²) < 4.78 is 105. The Labute approximate surface area is 201 Å². The van der Waals surface area contributed by atoms with Crippen LogP contribution in [0.4, 0.5) is 26.3 Å². The van der Waals surface area contributed by atoms with Crippen molar-refractivity contribution in [3.05, 3.63) is 77.4 Å². The van der Waals surface area contributed by atoms with Crippen molar-refractivity contribution in [1.82, 2.24) is 15.1 Å². The number of hydrogen-bond donors (Lipinski definition) is 1. The minimum Gasteiger partial charge on any atom is -0.352 e. The summed E-state index contributed by atoms with van der Waals surface area (Å²) in [5.41, 5.74) is -1.55. The van der Waals surface area contributed by atoms with Gasteiger partial charge in [-0.1, -0.05) is 0 Å².